The van der Waals surface area contributed by atoms with Gasteiger partial charge in [0.05, 0.1) is 0 Å². The van der Waals surface area contributed by atoms with Crippen molar-refractivity contribution in [2.24, 2.45) is 5.10 Å². The average Bonchev–Trinajstić information content (AvgIpc) is 3.00. The third-order valence-electron chi connectivity index (χ3n) is 3.29. The molecule has 1 unspecified atom stereocenters. The number of benzene rings is 2. The first-order valence-electron chi connectivity index (χ1n) is 6.99. The monoisotopic (exact) mass is 351 g/mol. The van der Waals surface area contributed by atoms with E-state index in [0.29, 0.717) is 11.6 Å². The fraction of sp³-hybridized carbons (Fsp3) is 0.125. The predicted molar refractivity (Wildman–Crippen MR) is 84.4 cm³/mol. The standard InChI is InChI=1S/C16H12ClF2N3O2/c17-21-9-20-22(10-21)16(15(23)11-4-2-1-3-5-11)24-14-7-6-12(18)8-13(14)19/h1-9,16H,10H2. The first kappa shape index (κ1) is 16.2. The molecule has 0 radical (unpaired) electrons. The topological polar surface area (TPSA) is 45.1 Å². The Labute approximate surface area is 141 Å². The molecule has 1 atom stereocenters. The van der Waals surface area contributed by atoms with Crippen LogP contribution in [0.4, 0.5) is 8.78 Å². The summed E-state index contributed by atoms with van der Waals surface area (Å²) in [5.74, 6) is -2.33. The van der Waals surface area contributed by atoms with Gasteiger partial charge in [-0.05, 0) is 12.1 Å². The number of hydrogen-bond acceptors (Lipinski definition) is 5. The molecule has 0 fully saturated rings. The van der Waals surface area contributed by atoms with E-state index in [-0.39, 0.29) is 12.4 Å². The minimum Gasteiger partial charge on any atom is -0.458 e. The summed E-state index contributed by atoms with van der Waals surface area (Å²) < 4.78 is 33.6. The average molecular weight is 352 g/mol. The predicted octanol–water partition coefficient (Wildman–Crippen LogP) is 3.22. The van der Waals surface area contributed by atoms with Gasteiger partial charge in [-0.3, -0.25) is 9.21 Å². The quantitative estimate of drug-likeness (QED) is 0.613. The Kier molecular flexibility index (Phi) is 4.61. The molecule has 0 N–H and O–H groups in total. The summed E-state index contributed by atoms with van der Waals surface area (Å²) in [6.07, 6.45) is 0.0596. The second-order valence-corrected chi connectivity index (χ2v) is 5.42. The number of carbonyl (C=O) groups excluding carboxylic acids is 1. The van der Waals surface area contributed by atoms with Crippen molar-refractivity contribution in [3.8, 4) is 5.75 Å². The van der Waals surface area contributed by atoms with Crippen molar-refractivity contribution in [1.82, 2.24) is 9.43 Å². The zero-order valence-corrected chi connectivity index (χ0v) is 13.0. The van der Waals surface area contributed by atoms with Crippen LogP contribution in [0.15, 0.2) is 53.6 Å². The molecule has 1 heterocycles. The van der Waals surface area contributed by atoms with Crippen LogP contribution in [0.2, 0.25) is 0 Å². The second kappa shape index (κ2) is 6.84. The summed E-state index contributed by atoms with van der Waals surface area (Å²) in [5.41, 5.74) is 0.369. The van der Waals surface area contributed by atoms with Crippen LogP contribution in [0.25, 0.3) is 0 Å². The summed E-state index contributed by atoms with van der Waals surface area (Å²) in [4.78, 5) is 12.7. The molecule has 24 heavy (non-hydrogen) atoms. The molecule has 0 spiro atoms. The van der Waals surface area contributed by atoms with Crippen LogP contribution in [0.3, 0.4) is 0 Å². The van der Waals surface area contributed by atoms with Crippen molar-refractivity contribution in [3.63, 3.8) is 0 Å². The molecule has 5 nitrogen and oxygen atoms in total. The molecular weight excluding hydrogens is 340 g/mol. The second-order valence-electron chi connectivity index (χ2n) is 4.99. The Hall–Kier alpha value is -2.67. The van der Waals surface area contributed by atoms with Crippen LogP contribution >= 0.6 is 11.8 Å². The molecule has 1 aliphatic heterocycles. The van der Waals surface area contributed by atoms with Gasteiger partial charge in [0.15, 0.2) is 11.6 Å². The van der Waals surface area contributed by atoms with Crippen LogP contribution in [0, 0.1) is 11.6 Å². The molecule has 0 saturated carbocycles. The molecule has 1 aliphatic rings. The highest BCUT2D eigenvalue weighted by molar-refractivity contribution is 6.19. The lowest BCUT2D eigenvalue weighted by Gasteiger charge is -2.26. The fourth-order valence-electron chi connectivity index (χ4n) is 2.15. The van der Waals surface area contributed by atoms with Crippen LogP contribution < -0.4 is 4.74 Å². The molecule has 8 heteroatoms. The van der Waals surface area contributed by atoms with Crippen LogP contribution in [-0.2, 0) is 0 Å². The first-order chi connectivity index (χ1) is 11.5. The van der Waals surface area contributed by atoms with Crippen LogP contribution in [0.5, 0.6) is 5.75 Å². The lowest BCUT2D eigenvalue weighted by atomic mass is 10.1. The Morgan fingerprint density at radius 2 is 1.96 bits per heavy atom. The third-order valence-corrected chi connectivity index (χ3v) is 3.49. The molecule has 124 valence electrons. The number of rotatable bonds is 5. The van der Waals surface area contributed by atoms with Gasteiger partial charge in [-0.2, -0.15) is 5.10 Å². The highest BCUT2D eigenvalue weighted by Gasteiger charge is 2.32. The molecule has 0 saturated heterocycles. The lowest BCUT2D eigenvalue weighted by molar-refractivity contribution is 0.0228. The van der Waals surface area contributed by atoms with Crippen molar-refractivity contribution in [2.75, 3.05) is 6.67 Å². The Balaban J connectivity index is 1.90. The van der Waals surface area contributed by atoms with E-state index in [2.05, 4.69) is 5.10 Å². The highest BCUT2D eigenvalue weighted by Crippen LogP contribution is 2.23. The van der Waals surface area contributed by atoms with Gasteiger partial charge in [-0.25, -0.2) is 13.8 Å². The number of hydrazone groups is 1. The van der Waals surface area contributed by atoms with Crippen molar-refractivity contribution in [1.29, 1.82) is 0 Å². The van der Waals surface area contributed by atoms with E-state index in [1.54, 1.807) is 30.3 Å². The molecule has 0 amide bonds. The Morgan fingerprint density at radius 1 is 1.21 bits per heavy atom. The fourth-order valence-corrected chi connectivity index (χ4v) is 2.30. The van der Waals surface area contributed by atoms with Crippen LogP contribution in [-0.4, -0.2) is 34.4 Å². The smallest absolute Gasteiger partial charge is 0.252 e. The van der Waals surface area contributed by atoms with Crippen molar-refractivity contribution in [3.05, 3.63) is 65.7 Å². The third kappa shape index (κ3) is 3.46. The Bertz CT molecular complexity index is 773. The Morgan fingerprint density at radius 3 is 2.58 bits per heavy atom. The van der Waals surface area contributed by atoms with Crippen molar-refractivity contribution >= 4 is 23.9 Å². The summed E-state index contributed by atoms with van der Waals surface area (Å²) in [7, 11) is 0. The molecule has 0 aliphatic carbocycles. The van der Waals surface area contributed by atoms with E-state index in [1.165, 1.54) is 15.8 Å². The molecule has 0 aromatic heterocycles. The molecule has 2 aromatic carbocycles. The first-order valence-corrected chi connectivity index (χ1v) is 7.32. The number of hydrogen-bond donors (Lipinski definition) is 0. The highest BCUT2D eigenvalue weighted by atomic mass is 35.5. The normalized spacial score (nSPS) is 14.8. The van der Waals surface area contributed by atoms with E-state index in [1.807, 2.05) is 0 Å². The van der Waals surface area contributed by atoms with Gasteiger partial charge in [-0.15, -0.1) is 0 Å². The molecule has 0 bridgehead atoms. The van der Waals surface area contributed by atoms with Gasteiger partial charge < -0.3 is 4.74 Å². The maximum absolute atomic E-state index is 13.9. The maximum atomic E-state index is 13.9. The molecule has 3 rings (SSSR count). The number of ether oxygens (including phenoxy) is 1. The lowest BCUT2D eigenvalue weighted by Crippen LogP contribution is -2.43. The van der Waals surface area contributed by atoms with Gasteiger partial charge in [0.1, 0.15) is 18.8 Å². The van der Waals surface area contributed by atoms with Gasteiger partial charge in [-0.1, -0.05) is 30.3 Å². The van der Waals surface area contributed by atoms with E-state index in [9.17, 15) is 13.6 Å². The number of ketones is 1. The minimum absolute atomic E-state index is 0.0770. The number of carbonyl (C=O) groups is 1. The van der Waals surface area contributed by atoms with Crippen molar-refractivity contribution < 1.29 is 18.3 Å². The van der Waals surface area contributed by atoms with Gasteiger partial charge >= 0.3 is 0 Å². The maximum Gasteiger partial charge on any atom is 0.252 e. The summed E-state index contributed by atoms with van der Waals surface area (Å²) in [6, 6.07) is 11.2. The summed E-state index contributed by atoms with van der Waals surface area (Å²) >= 11 is 5.81. The van der Waals surface area contributed by atoms with Gasteiger partial charge in [0, 0.05) is 23.4 Å². The zero-order valence-electron chi connectivity index (χ0n) is 12.3. The van der Waals surface area contributed by atoms with Gasteiger partial charge in [0.2, 0.25) is 5.78 Å². The number of halogens is 3. The molecule has 2 aromatic rings. The number of nitrogens with zero attached hydrogens (tertiary/aromatic N) is 3. The van der Waals surface area contributed by atoms with E-state index < -0.39 is 23.6 Å². The van der Waals surface area contributed by atoms with E-state index in [4.69, 9.17) is 16.5 Å². The summed E-state index contributed by atoms with van der Waals surface area (Å²) in [6.45, 7) is 0.0770. The molecular formula is C16H12ClF2N3O2. The summed E-state index contributed by atoms with van der Waals surface area (Å²) in [5, 5.41) is 5.24. The van der Waals surface area contributed by atoms with E-state index in [0.717, 1.165) is 12.1 Å². The van der Waals surface area contributed by atoms with E-state index >= 15 is 0 Å². The van der Waals surface area contributed by atoms with Crippen LogP contribution in [0.1, 0.15) is 10.4 Å². The largest absolute Gasteiger partial charge is 0.458 e. The number of Topliss-reactive ketones (excluding diaryl/α,β-unsaturated/α-hetero) is 1. The zero-order chi connectivity index (χ0) is 17.1. The van der Waals surface area contributed by atoms with Gasteiger partial charge in [0.25, 0.3) is 6.23 Å². The SMILES string of the molecule is O=C(c1ccccc1)C(Oc1ccc(F)cc1F)N1CN(Cl)C=N1. The minimum atomic E-state index is -1.24. The van der Waals surface area contributed by atoms with Crippen molar-refractivity contribution in [2.45, 2.75) is 6.23 Å².